The van der Waals surface area contributed by atoms with Crippen molar-refractivity contribution in [3.05, 3.63) is 29.3 Å². The average Bonchev–Trinajstić information content (AvgIpc) is 2.81. The van der Waals surface area contributed by atoms with E-state index in [1.165, 1.54) is 19.3 Å². The van der Waals surface area contributed by atoms with Gasteiger partial charge in [0.15, 0.2) is 0 Å². The smallest absolute Gasteiger partial charge is 0.410 e. The molecule has 1 aliphatic rings. The highest BCUT2D eigenvalue weighted by molar-refractivity contribution is 6.30. The summed E-state index contributed by atoms with van der Waals surface area (Å²) in [5, 5.41) is 0.623. The summed E-state index contributed by atoms with van der Waals surface area (Å²) in [6, 6.07) is 7.06. The topological polar surface area (TPSA) is 51.2 Å². The maximum atomic E-state index is 12.4. The summed E-state index contributed by atoms with van der Waals surface area (Å²) in [7, 11) is 3.58. The van der Waals surface area contributed by atoms with Crippen LogP contribution >= 0.6 is 11.6 Å². The van der Waals surface area contributed by atoms with Gasteiger partial charge in [0.05, 0.1) is 12.7 Å². The molecule has 0 heterocycles. The van der Waals surface area contributed by atoms with E-state index in [1.807, 2.05) is 7.05 Å². The lowest BCUT2D eigenvalue weighted by atomic mass is 9.92. The van der Waals surface area contributed by atoms with E-state index >= 15 is 0 Å². The Morgan fingerprint density at radius 3 is 2.34 bits per heavy atom. The van der Waals surface area contributed by atoms with E-state index in [1.54, 1.807) is 36.3 Å². The molecule has 0 saturated heterocycles. The number of carbonyl (C=O) groups is 1. The standard InChI is InChI=1S/C25H41ClN2O4/c1-4-28(18-20-30-3)17-7-5-6-8-19-31-23-15-11-22(12-16-23)27(2)25(29)32-24-13-9-21(26)10-14-24/h9-10,13-14,22-23H,4-8,11-12,15-20H2,1-3H3/t22-,23-. The predicted molar refractivity (Wildman–Crippen MR) is 130 cm³/mol. The number of amides is 1. The second-order valence-corrected chi connectivity index (χ2v) is 9.01. The Hall–Kier alpha value is -1.34. The molecule has 1 amide bonds. The van der Waals surface area contributed by atoms with Gasteiger partial charge in [-0.05, 0) is 75.9 Å². The highest BCUT2D eigenvalue weighted by Crippen LogP contribution is 2.26. The van der Waals surface area contributed by atoms with E-state index in [0.717, 1.165) is 65.0 Å². The number of ether oxygens (including phenoxy) is 3. The Bertz CT molecular complexity index is 635. The van der Waals surface area contributed by atoms with Crippen LogP contribution < -0.4 is 4.74 Å². The van der Waals surface area contributed by atoms with Gasteiger partial charge in [0, 0.05) is 38.4 Å². The SMILES string of the molecule is CCN(CCCCCCO[C@H]1CC[C@H](N(C)C(=O)Oc2ccc(Cl)cc2)CC1)CCOC. The second kappa shape index (κ2) is 15.5. The Morgan fingerprint density at radius 2 is 1.69 bits per heavy atom. The molecular weight excluding hydrogens is 428 g/mol. The number of methoxy groups -OCH3 is 1. The minimum absolute atomic E-state index is 0.203. The lowest BCUT2D eigenvalue weighted by Gasteiger charge is -2.34. The van der Waals surface area contributed by atoms with Crippen LogP contribution in [0.2, 0.25) is 5.02 Å². The molecule has 0 aromatic heterocycles. The van der Waals surface area contributed by atoms with E-state index in [4.69, 9.17) is 25.8 Å². The Kier molecular flexibility index (Phi) is 13.0. The first-order chi connectivity index (χ1) is 15.5. The van der Waals surface area contributed by atoms with Crippen molar-refractivity contribution in [2.45, 2.75) is 70.4 Å². The third-order valence-corrected chi connectivity index (χ3v) is 6.53. The van der Waals surface area contributed by atoms with Gasteiger partial charge in [0.1, 0.15) is 5.75 Å². The molecule has 1 aliphatic carbocycles. The van der Waals surface area contributed by atoms with E-state index in [0.29, 0.717) is 16.9 Å². The van der Waals surface area contributed by atoms with Gasteiger partial charge in [-0.15, -0.1) is 0 Å². The Morgan fingerprint density at radius 1 is 1.00 bits per heavy atom. The normalized spacial score (nSPS) is 18.7. The lowest BCUT2D eigenvalue weighted by Crippen LogP contribution is -2.42. The van der Waals surface area contributed by atoms with Crippen molar-refractivity contribution in [2.24, 2.45) is 0 Å². The molecule has 6 nitrogen and oxygen atoms in total. The number of nitrogens with zero attached hydrogens (tertiary/aromatic N) is 2. The molecule has 7 heteroatoms. The van der Waals surface area contributed by atoms with Crippen LogP contribution in [0.1, 0.15) is 58.3 Å². The fourth-order valence-electron chi connectivity index (χ4n) is 4.11. The van der Waals surface area contributed by atoms with Crippen LogP contribution in [0, 0.1) is 0 Å². The van der Waals surface area contributed by atoms with Crippen LogP contribution in [0.4, 0.5) is 4.79 Å². The van der Waals surface area contributed by atoms with Crippen LogP contribution in [0.3, 0.4) is 0 Å². The van der Waals surface area contributed by atoms with Crippen molar-refractivity contribution in [1.82, 2.24) is 9.80 Å². The van der Waals surface area contributed by atoms with Crippen LogP contribution in [-0.2, 0) is 9.47 Å². The molecular formula is C25H41ClN2O4. The van der Waals surface area contributed by atoms with E-state index in [-0.39, 0.29) is 12.1 Å². The van der Waals surface area contributed by atoms with Crippen LogP contribution in [0.15, 0.2) is 24.3 Å². The first-order valence-corrected chi connectivity index (χ1v) is 12.4. The minimum Gasteiger partial charge on any atom is -0.410 e. The summed E-state index contributed by atoms with van der Waals surface area (Å²) < 4.78 is 16.7. The summed E-state index contributed by atoms with van der Waals surface area (Å²) in [5.41, 5.74) is 0. The van der Waals surface area contributed by atoms with Gasteiger partial charge in [-0.1, -0.05) is 31.4 Å². The molecule has 0 atom stereocenters. The summed E-state index contributed by atoms with van der Waals surface area (Å²) in [5.74, 6) is 0.514. The zero-order valence-electron chi connectivity index (χ0n) is 20.1. The van der Waals surface area contributed by atoms with E-state index in [2.05, 4.69) is 11.8 Å². The van der Waals surface area contributed by atoms with Gasteiger partial charge in [0.2, 0.25) is 0 Å². The third kappa shape index (κ3) is 10.1. The summed E-state index contributed by atoms with van der Waals surface area (Å²) in [6.07, 6.45) is 8.71. The lowest BCUT2D eigenvalue weighted by molar-refractivity contribution is 0.0104. The van der Waals surface area contributed by atoms with Gasteiger partial charge >= 0.3 is 6.09 Å². The minimum atomic E-state index is -0.319. The Balaban J connectivity index is 1.53. The van der Waals surface area contributed by atoms with Crippen molar-refractivity contribution < 1.29 is 19.0 Å². The fourth-order valence-corrected chi connectivity index (χ4v) is 4.24. The number of hydrogen-bond acceptors (Lipinski definition) is 5. The maximum absolute atomic E-state index is 12.4. The van der Waals surface area contributed by atoms with Crippen LogP contribution in [-0.4, -0.2) is 75.0 Å². The first kappa shape index (κ1) is 26.9. The molecule has 0 bridgehead atoms. The molecule has 0 unspecified atom stereocenters. The third-order valence-electron chi connectivity index (χ3n) is 6.28. The molecule has 0 aliphatic heterocycles. The molecule has 1 aromatic carbocycles. The van der Waals surface area contributed by atoms with Gasteiger partial charge in [-0.25, -0.2) is 4.79 Å². The van der Waals surface area contributed by atoms with Crippen molar-refractivity contribution in [2.75, 3.05) is 47.0 Å². The van der Waals surface area contributed by atoms with Crippen molar-refractivity contribution in [3.8, 4) is 5.75 Å². The monoisotopic (exact) mass is 468 g/mol. The highest BCUT2D eigenvalue weighted by Gasteiger charge is 2.27. The second-order valence-electron chi connectivity index (χ2n) is 8.58. The largest absolute Gasteiger partial charge is 0.415 e. The van der Waals surface area contributed by atoms with E-state index in [9.17, 15) is 4.79 Å². The summed E-state index contributed by atoms with van der Waals surface area (Å²) in [6.45, 7) is 7.11. The highest BCUT2D eigenvalue weighted by atomic mass is 35.5. The van der Waals surface area contributed by atoms with Gasteiger partial charge in [-0.3, -0.25) is 0 Å². The van der Waals surface area contributed by atoms with E-state index < -0.39 is 0 Å². The zero-order chi connectivity index (χ0) is 23.2. The van der Waals surface area contributed by atoms with Crippen LogP contribution in [0.5, 0.6) is 5.75 Å². The van der Waals surface area contributed by atoms with Gasteiger partial charge < -0.3 is 24.0 Å². The van der Waals surface area contributed by atoms with Crippen molar-refractivity contribution in [3.63, 3.8) is 0 Å². The van der Waals surface area contributed by atoms with Crippen LogP contribution in [0.25, 0.3) is 0 Å². The predicted octanol–water partition coefficient (Wildman–Crippen LogP) is 5.63. The molecule has 0 radical (unpaired) electrons. The number of unbranched alkanes of at least 4 members (excludes halogenated alkanes) is 3. The molecule has 1 fully saturated rings. The molecule has 1 saturated carbocycles. The van der Waals surface area contributed by atoms with Gasteiger partial charge in [-0.2, -0.15) is 0 Å². The first-order valence-electron chi connectivity index (χ1n) is 12.1. The number of rotatable bonds is 14. The molecule has 2 rings (SSSR count). The number of likely N-dealkylation sites (N-methyl/N-ethyl adjacent to an activating group) is 1. The zero-order valence-corrected chi connectivity index (χ0v) is 20.8. The number of hydrogen-bond donors (Lipinski definition) is 0. The molecule has 1 aromatic rings. The van der Waals surface area contributed by atoms with Gasteiger partial charge in [0.25, 0.3) is 0 Å². The summed E-state index contributed by atoms with van der Waals surface area (Å²) >= 11 is 5.88. The number of halogens is 1. The molecule has 32 heavy (non-hydrogen) atoms. The Labute approximate surface area is 199 Å². The van der Waals surface area contributed by atoms with Crippen molar-refractivity contribution in [1.29, 1.82) is 0 Å². The fraction of sp³-hybridized carbons (Fsp3) is 0.720. The molecule has 0 N–H and O–H groups in total. The number of benzene rings is 1. The van der Waals surface area contributed by atoms with Crippen molar-refractivity contribution >= 4 is 17.7 Å². The maximum Gasteiger partial charge on any atom is 0.415 e. The molecule has 0 spiro atoms. The molecule has 182 valence electrons. The average molecular weight is 469 g/mol. The summed E-state index contributed by atoms with van der Waals surface area (Å²) in [4.78, 5) is 16.6. The number of carbonyl (C=O) groups excluding carboxylic acids is 1. The quantitative estimate of drug-likeness (QED) is 0.331.